The van der Waals surface area contributed by atoms with Crippen molar-refractivity contribution in [2.45, 2.75) is 12.8 Å². The molecule has 0 aliphatic carbocycles. The molecule has 2 rings (SSSR count). The van der Waals surface area contributed by atoms with Crippen molar-refractivity contribution in [3.8, 4) is 0 Å². The first kappa shape index (κ1) is 14.1. The molecule has 0 aliphatic heterocycles. The zero-order chi connectivity index (χ0) is 14.5. The Kier molecular flexibility index (Phi) is 4.42. The number of aromatic amines is 1. The maximum absolute atomic E-state index is 12.0. The summed E-state index contributed by atoms with van der Waals surface area (Å²) in [6.07, 6.45) is 1.89. The molecule has 0 saturated carbocycles. The third kappa shape index (κ3) is 3.61. The highest BCUT2D eigenvalue weighted by Gasteiger charge is 2.11. The zero-order valence-corrected chi connectivity index (χ0v) is 11.3. The molecule has 2 aromatic rings. The molecule has 1 aromatic heterocycles. The van der Waals surface area contributed by atoms with Crippen molar-refractivity contribution in [3.63, 3.8) is 0 Å². The lowest BCUT2D eigenvalue weighted by Crippen LogP contribution is -2.14. The number of halogens is 1. The van der Waals surface area contributed by atoms with E-state index in [4.69, 9.17) is 16.7 Å². The summed E-state index contributed by atoms with van der Waals surface area (Å²) in [5.41, 5.74) is 1.73. The smallest absolute Gasteiger partial charge is 0.303 e. The molecule has 3 N–H and O–H groups in total. The van der Waals surface area contributed by atoms with Gasteiger partial charge in [0, 0.05) is 18.3 Å². The van der Waals surface area contributed by atoms with Crippen LogP contribution in [0.2, 0.25) is 5.02 Å². The molecule has 1 amide bonds. The lowest BCUT2D eigenvalue weighted by molar-refractivity contribution is -0.136. The van der Waals surface area contributed by atoms with Crippen molar-refractivity contribution in [3.05, 3.63) is 52.8 Å². The number of aryl methyl sites for hydroxylation is 1. The van der Waals surface area contributed by atoms with E-state index in [0.717, 1.165) is 5.56 Å². The lowest BCUT2D eigenvalue weighted by atomic mass is 10.1. The van der Waals surface area contributed by atoms with Crippen LogP contribution >= 0.6 is 11.6 Å². The lowest BCUT2D eigenvalue weighted by Gasteiger charge is -2.09. The van der Waals surface area contributed by atoms with Crippen LogP contribution in [0, 0.1) is 0 Å². The molecule has 0 bridgehead atoms. The van der Waals surface area contributed by atoms with Gasteiger partial charge in [0.15, 0.2) is 0 Å². The molecule has 0 saturated heterocycles. The highest BCUT2D eigenvalue weighted by Crippen LogP contribution is 2.18. The van der Waals surface area contributed by atoms with Gasteiger partial charge >= 0.3 is 5.97 Å². The monoisotopic (exact) mass is 292 g/mol. The Morgan fingerprint density at radius 3 is 2.70 bits per heavy atom. The summed E-state index contributed by atoms with van der Waals surface area (Å²) in [5, 5.41) is 11.9. The summed E-state index contributed by atoms with van der Waals surface area (Å²) < 4.78 is 0. The Bertz CT molecular complexity index is 637. The maximum Gasteiger partial charge on any atom is 0.303 e. The van der Waals surface area contributed by atoms with E-state index in [0.29, 0.717) is 22.8 Å². The molecule has 0 unspecified atom stereocenters. The molecule has 1 heterocycles. The second-order valence-corrected chi connectivity index (χ2v) is 4.67. The Hall–Kier alpha value is -2.27. The van der Waals surface area contributed by atoms with Crippen LogP contribution in [0.1, 0.15) is 22.5 Å². The van der Waals surface area contributed by atoms with E-state index >= 15 is 0 Å². The first-order chi connectivity index (χ1) is 9.56. The number of hydrogen-bond donors (Lipinski definition) is 3. The van der Waals surface area contributed by atoms with E-state index in [-0.39, 0.29) is 12.3 Å². The number of aromatic nitrogens is 1. The molecule has 5 nitrogen and oxygen atoms in total. The minimum atomic E-state index is -0.873. The van der Waals surface area contributed by atoms with Crippen LogP contribution in [0.5, 0.6) is 0 Å². The van der Waals surface area contributed by atoms with Gasteiger partial charge in [0.1, 0.15) is 5.69 Å². The van der Waals surface area contributed by atoms with E-state index in [2.05, 4.69) is 10.3 Å². The largest absolute Gasteiger partial charge is 0.481 e. The van der Waals surface area contributed by atoms with Gasteiger partial charge in [-0.05, 0) is 24.1 Å². The summed E-state index contributed by atoms with van der Waals surface area (Å²) in [6, 6.07) is 8.64. The van der Waals surface area contributed by atoms with Gasteiger partial charge in [0.25, 0.3) is 5.91 Å². The van der Waals surface area contributed by atoms with Crippen LogP contribution < -0.4 is 5.32 Å². The molecule has 0 spiro atoms. The Morgan fingerprint density at radius 1 is 1.30 bits per heavy atom. The molecule has 0 aliphatic rings. The summed E-state index contributed by atoms with van der Waals surface area (Å²) in [5.74, 6) is -1.19. The van der Waals surface area contributed by atoms with Crippen molar-refractivity contribution in [2.75, 3.05) is 5.32 Å². The van der Waals surface area contributed by atoms with Gasteiger partial charge in [0.2, 0.25) is 0 Å². The van der Waals surface area contributed by atoms with Gasteiger partial charge in [0.05, 0.1) is 5.02 Å². The van der Waals surface area contributed by atoms with Crippen LogP contribution in [0.3, 0.4) is 0 Å². The number of aliphatic carboxylic acids is 1. The van der Waals surface area contributed by atoms with Gasteiger partial charge in [-0.3, -0.25) is 9.59 Å². The number of carboxylic acids is 1. The van der Waals surface area contributed by atoms with Gasteiger partial charge in [-0.15, -0.1) is 0 Å². The van der Waals surface area contributed by atoms with Crippen LogP contribution in [0.25, 0.3) is 0 Å². The van der Waals surface area contributed by atoms with E-state index in [1.54, 1.807) is 24.3 Å². The van der Waals surface area contributed by atoms with E-state index < -0.39 is 5.97 Å². The number of amides is 1. The van der Waals surface area contributed by atoms with Gasteiger partial charge in [-0.1, -0.05) is 29.8 Å². The second-order valence-electron chi connectivity index (χ2n) is 4.24. The van der Waals surface area contributed by atoms with Crippen molar-refractivity contribution >= 4 is 29.2 Å². The third-order valence-corrected chi connectivity index (χ3v) is 2.98. The van der Waals surface area contributed by atoms with Gasteiger partial charge in [-0.2, -0.15) is 0 Å². The normalized spacial score (nSPS) is 10.2. The molecule has 0 radical (unpaired) electrons. The van der Waals surface area contributed by atoms with Crippen LogP contribution in [0.15, 0.2) is 36.5 Å². The molecule has 0 atom stereocenters. The van der Waals surface area contributed by atoms with Crippen molar-refractivity contribution in [2.24, 2.45) is 0 Å². The number of carbonyl (C=O) groups excluding carboxylic acids is 1. The summed E-state index contributed by atoms with van der Waals surface area (Å²) in [7, 11) is 0. The van der Waals surface area contributed by atoms with Crippen LogP contribution in [-0.4, -0.2) is 22.0 Å². The predicted molar refractivity (Wildman–Crippen MR) is 76.2 cm³/mol. The second kappa shape index (κ2) is 6.25. The SMILES string of the molecule is O=C(O)CCc1ccccc1NC(=O)c1cc(Cl)c[nH]1. The summed E-state index contributed by atoms with van der Waals surface area (Å²) in [4.78, 5) is 25.4. The molecule has 1 aromatic carbocycles. The Balaban J connectivity index is 2.12. The first-order valence-electron chi connectivity index (χ1n) is 6.01. The highest BCUT2D eigenvalue weighted by molar-refractivity contribution is 6.31. The van der Waals surface area contributed by atoms with Crippen molar-refractivity contribution < 1.29 is 14.7 Å². The number of H-pyrrole nitrogens is 1. The Morgan fingerprint density at radius 2 is 2.05 bits per heavy atom. The summed E-state index contributed by atoms with van der Waals surface area (Å²) >= 11 is 5.75. The summed E-state index contributed by atoms with van der Waals surface area (Å²) in [6.45, 7) is 0. The fourth-order valence-electron chi connectivity index (χ4n) is 1.79. The van der Waals surface area contributed by atoms with Gasteiger partial charge < -0.3 is 15.4 Å². The molecular weight excluding hydrogens is 280 g/mol. The third-order valence-electron chi connectivity index (χ3n) is 2.77. The fourth-order valence-corrected chi connectivity index (χ4v) is 1.95. The van der Waals surface area contributed by atoms with E-state index in [1.807, 2.05) is 0 Å². The number of rotatable bonds is 5. The number of nitrogens with one attached hydrogen (secondary N) is 2. The number of anilines is 1. The number of carboxylic acid groups (broad SMARTS) is 1. The number of benzene rings is 1. The predicted octanol–water partition coefficient (Wildman–Crippen LogP) is 2.94. The first-order valence-corrected chi connectivity index (χ1v) is 6.39. The van der Waals surface area contributed by atoms with Crippen LogP contribution in [0.4, 0.5) is 5.69 Å². The highest BCUT2D eigenvalue weighted by atomic mass is 35.5. The Labute approximate surface area is 120 Å². The average Bonchev–Trinajstić information content (AvgIpc) is 2.84. The molecule has 0 fully saturated rings. The van der Waals surface area contributed by atoms with E-state index in [9.17, 15) is 9.59 Å². The quantitative estimate of drug-likeness (QED) is 0.792. The molecular formula is C14H13ClN2O3. The standard InChI is InChI=1S/C14H13ClN2O3/c15-10-7-12(16-8-10)14(20)17-11-4-2-1-3-9(11)5-6-13(18)19/h1-4,7-8,16H,5-6H2,(H,17,20)(H,18,19). The minimum absolute atomic E-state index is 0.0151. The maximum atomic E-state index is 12.0. The van der Waals surface area contributed by atoms with Crippen molar-refractivity contribution in [1.82, 2.24) is 4.98 Å². The molecule has 6 heteroatoms. The number of hydrogen-bond acceptors (Lipinski definition) is 2. The zero-order valence-electron chi connectivity index (χ0n) is 10.5. The molecule has 20 heavy (non-hydrogen) atoms. The van der Waals surface area contributed by atoms with Crippen LogP contribution in [-0.2, 0) is 11.2 Å². The number of carbonyl (C=O) groups is 2. The topological polar surface area (TPSA) is 82.2 Å². The average molecular weight is 293 g/mol. The van der Waals surface area contributed by atoms with E-state index in [1.165, 1.54) is 12.3 Å². The van der Waals surface area contributed by atoms with Crippen molar-refractivity contribution in [1.29, 1.82) is 0 Å². The fraction of sp³-hybridized carbons (Fsp3) is 0.143. The minimum Gasteiger partial charge on any atom is -0.481 e. The van der Waals surface area contributed by atoms with Gasteiger partial charge in [-0.25, -0.2) is 0 Å². The molecule has 104 valence electrons. The number of para-hydroxylation sites is 1.